The molecule has 0 heterocycles. The Bertz CT molecular complexity index is 1230. The normalized spacial score (nSPS) is 13.2. The summed E-state index contributed by atoms with van der Waals surface area (Å²) < 4.78 is 17.0. The lowest BCUT2D eigenvalue weighted by Gasteiger charge is -2.25. The molecule has 0 fully saturated rings. The molecule has 0 saturated heterocycles. The first-order chi connectivity index (χ1) is 17.7. The summed E-state index contributed by atoms with van der Waals surface area (Å²) in [4.78, 5) is 25.5. The van der Waals surface area contributed by atoms with Crippen molar-refractivity contribution in [3.63, 3.8) is 0 Å². The van der Waals surface area contributed by atoms with Gasteiger partial charge in [-0.15, -0.1) is 0 Å². The highest BCUT2D eigenvalue weighted by molar-refractivity contribution is 7.80. The maximum absolute atomic E-state index is 12.9. The Hall–Kier alpha value is -3.49. The van der Waals surface area contributed by atoms with Crippen LogP contribution in [0.3, 0.4) is 0 Å². The zero-order valence-corrected chi connectivity index (χ0v) is 23.0. The Morgan fingerprint density at radius 2 is 1.43 bits per heavy atom. The van der Waals surface area contributed by atoms with E-state index in [1.807, 2.05) is 74.2 Å². The minimum absolute atomic E-state index is 0.0716. The smallest absolute Gasteiger partial charge is 0.407 e. The molecule has 1 aliphatic carbocycles. The van der Waals surface area contributed by atoms with Gasteiger partial charge in [0.25, 0.3) is 0 Å². The number of carbonyl (C=O) groups excluding carboxylic acids is 2. The van der Waals surface area contributed by atoms with E-state index in [1.54, 1.807) is 0 Å². The lowest BCUT2D eigenvalue weighted by Crippen LogP contribution is -2.46. The number of esters is 1. The summed E-state index contributed by atoms with van der Waals surface area (Å²) in [5, 5.41) is 2.89. The molecule has 0 aromatic heterocycles. The molecular weight excluding hydrogens is 502 g/mol. The van der Waals surface area contributed by atoms with Crippen molar-refractivity contribution >= 4 is 37.6 Å². The molecule has 1 atom stereocenters. The predicted molar refractivity (Wildman–Crippen MR) is 150 cm³/mol. The molecule has 0 bridgehead atoms. The number of fused-ring (bicyclic) bond motifs is 3. The number of amides is 1. The number of carbonyl (C=O) groups is 2. The molecule has 4 rings (SSSR count). The maximum atomic E-state index is 12.9. The topological polar surface area (TPSA) is 73.9 Å². The molecule has 37 heavy (non-hydrogen) atoms. The number of benzene rings is 3. The molecule has 0 radical (unpaired) electrons. The van der Waals surface area contributed by atoms with Gasteiger partial charge < -0.3 is 19.2 Å². The van der Waals surface area contributed by atoms with E-state index in [9.17, 15) is 9.59 Å². The maximum Gasteiger partial charge on any atom is 0.407 e. The van der Waals surface area contributed by atoms with Gasteiger partial charge in [0.15, 0.2) is 5.05 Å². The van der Waals surface area contributed by atoms with Crippen LogP contribution in [-0.2, 0) is 25.3 Å². The molecule has 1 amide bonds. The standard InChI is InChI=1S/C29H31NO5SSi/c1-37(2,3)35-28(36)26(17-27(31)33-18-20-11-5-4-6-12-20)30-29(32)34-19-25-23-15-9-7-13-21(23)22-14-8-10-16-24(22)25/h4-16,25-26H,17-19H2,1-3H3,(H,30,32). The number of alkyl carbamates (subject to hydrolysis) is 1. The second-order valence-corrected chi connectivity index (χ2v) is 14.7. The molecule has 0 saturated carbocycles. The number of thiocarbonyl (C=S) groups is 1. The molecule has 0 aliphatic heterocycles. The Morgan fingerprint density at radius 1 is 0.865 bits per heavy atom. The van der Waals surface area contributed by atoms with E-state index in [0.29, 0.717) is 0 Å². The summed E-state index contributed by atoms with van der Waals surface area (Å²) in [5.74, 6) is -0.563. The highest BCUT2D eigenvalue weighted by Gasteiger charge is 2.31. The zero-order chi connectivity index (χ0) is 26.4. The van der Waals surface area contributed by atoms with E-state index in [4.69, 9.17) is 26.1 Å². The summed E-state index contributed by atoms with van der Waals surface area (Å²) in [5.41, 5.74) is 5.41. The third kappa shape index (κ3) is 7.05. The van der Waals surface area contributed by atoms with Crippen LogP contribution in [0.2, 0.25) is 19.6 Å². The summed E-state index contributed by atoms with van der Waals surface area (Å²) in [7, 11) is -2.06. The van der Waals surface area contributed by atoms with E-state index in [0.717, 1.165) is 27.8 Å². The monoisotopic (exact) mass is 533 g/mol. The van der Waals surface area contributed by atoms with E-state index in [-0.39, 0.29) is 30.6 Å². The summed E-state index contributed by atoms with van der Waals surface area (Å²) >= 11 is 5.47. The first-order valence-electron chi connectivity index (χ1n) is 12.2. The molecule has 1 N–H and O–H groups in total. The van der Waals surface area contributed by atoms with E-state index in [1.165, 1.54) is 0 Å². The largest absolute Gasteiger partial charge is 0.538 e. The van der Waals surface area contributed by atoms with Gasteiger partial charge in [0.1, 0.15) is 19.3 Å². The first-order valence-corrected chi connectivity index (χ1v) is 16.1. The Balaban J connectivity index is 1.40. The average Bonchev–Trinajstić information content (AvgIpc) is 3.19. The van der Waals surface area contributed by atoms with E-state index in [2.05, 4.69) is 29.6 Å². The minimum atomic E-state index is -2.06. The van der Waals surface area contributed by atoms with Gasteiger partial charge in [-0.3, -0.25) is 4.79 Å². The highest BCUT2D eigenvalue weighted by atomic mass is 32.1. The molecule has 3 aromatic rings. The fourth-order valence-electron chi connectivity index (χ4n) is 4.31. The molecular formula is C29H31NO5SSi. The zero-order valence-electron chi connectivity index (χ0n) is 21.2. The SMILES string of the molecule is C[Si](C)(C)OC(=S)C(CC(=O)OCc1ccccc1)NC(=O)OCC1c2ccccc2-c2ccccc21. The van der Waals surface area contributed by atoms with Gasteiger partial charge in [-0.2, -0.15) is 0 Å². The third-order valence-corrected chi connectivity index (χ3v) is 7.29. The van der Waals surface area contributed by atoms with E-state index >= 15 is 0 Å². The van der Waals surface area contributed by atoms with Crippen LogP contribution in [0.5, 0.6) is 0 Å². The number of hydrogen-bond acceptors (Lipinski definition) is 6. The van der Waals surface area contributed by atoms with Crippen molar-refractivity contribution in [3.8, 4) is 11.1 Å². The molecule has 0 spiro atoms. The summed E-state index contributed by atoms with van der Waals surface area (Å²) in [6.07, 6.45) is -0.815. The van der Waals surface area contributed by atoms with Crippen molar-refractivity contribution in [2.45, 2.75) is 44.6 Å². The number of nitrogens with one attached hydrogen (secondary N) is 1. The van der Waals surface area contributed by atoms with Gasteiger partial charge in [-0.25, -0.2) is 4.79 Å². The van der Waals surface area contributed by atoms with Gasteiger partial charge >= 0.3 is 12.1 Å². The van der Waals surface area contributed by atoms with Gasteiger partial charge in [0, 0.05) is 5.92 Å². The van der Waals surface area contributed by atoms with Crippen LogP contribution in [-0.4, -0.2) is 38.1 Å². The van der Waals surface area contributed by atoms with Crippen LogP contribution in [0.4, 0.5) is 4.79 Å². The van der Waals surface area contributed by atoms with Gasteiger partial charge in [0.05, 0.1) is 6.42 Å². The average molecular weight is 534 g/mol. The van der Waals surface area contributed by atoms with Gasteiger partial charge in [0.2, 0.25) is 8.32 Å². The fourth-order valence-corrected chi connectivity index (χ4v) is 5.95. The lowest BCUT2D eigenvalue weighted by molar-refractivity contribution is -0.145. The van der Waals surface area contributed by atoms with Crippen molar-refractivity contribution in [1.82, 2.24) is 5.32 Å². The summed E-state index contributed by atoms with van der Waals surface area (Å²) in [6.45, 7) is 6.25. The molecule has 192 valence electrons. The highest BCUT2D eigenvalue weighted by Crippen LogP contribution is 2.44. The van der Waals surface area contributed by atoms with E-state index < -0.39 is 26.4 Å². The van der Waals surface area contributed by atoms with Crippen LogP contribution in [0, 0.1) is 0 Å². The van der Waals surface area contributed by atoms with Crippen molar-refractivity contribution < 1.29 is 23.5 Å². The Kier molecular flexibility index (Phi) is 8.40. The van der Waals surface area contributed by atoms with Crippen molar-refractivity contribution in [2.24, 2.45) is 0 Å². The molecule has 6 nitrogen and oxygen atoms in total. The minimum Gasteiger partial charge on any atom is -0.538 e. The molecule has 1 unspecified atom stereocenters. The predicted octanol–water partition coefficient (Wildman–Crippen LogP) is 6.21. The van der Waals surface area contributed by atoms with Crippen LogP contribution in [0.15, 0.2) is 78.9 Å². The second-order valence-electron chi connectivity index (χ2n) is 9.91. The van der Waals surface area contributed by atoms with Crippen LogP contribution in [0.1, 0.15) is 29.0 Å². The lowest BCUT2D eigenvalue weighted by atomic mass is 9.98. The number of ether oxygens (including phenoxy) is 2. The first kappa shape index (κ1) is 26.6. The van der Waals surface area contributed by atoms with Crippen molar-refractivity contribution in [2.75, 3.05) is 6.61 Å². The Labute approximate surface area is 224 Å². The summed E-state index contributed by atoms with van der Waals surface area (Å²) in [6, 6.07) is 24.8. The van der Waals surface area contributed by atoms with Gasteiger partial charge in [-0.05, 0) is 59.7 Å². The fraction of sp³-hybridized carbons (Fsp3) is 0.276. The van der Waals surface area contributed by atoms with Crippen LogP contribution >= 0.6 is 12.2 Å². The molecule has 8 heteroatoms. The number of hydrogen-bond donors (Lipinski definition) is 1. The Morgan fingerprint density at radius 3 is 2.03 bits per heavy atom. The number of rotatable bonds is 9. The quantitative estimate of drug-likeness (QED) is 0.200. The van der Waals surface area contributed by atoms with Crippen molar-refractivity contribution in [3.05, 3.63) is 95.6 Å². The third-order valence-electron chi connectivity index (χ3n) is 5.94. The van der Waals surface area contributed by atoms with Gasteiger partial charge in [-0.1, -0.05) is 78.9 Å². The second kappa shape index (κ2) is 11.7. The van der Waals surface area contributed by atoms with Crippen LogP contribution in [0.25, 0.3) is 11.1 Å². The molecule has 3 aromatic carbocycles. The van der Waals surface area contributed by atoms with Crippen LogP contribution < -0.4 is 5.32 Å². The molecule has 1 aliphatic rings. The van der Waals surface area contributed by atoms with Crippen molar-refractivity contribution in [1.29, 1.82) is 0 Å².